The Balaban J connectivity index is 1.21. The lowest BCUT2D eigenvalue weighted by molar-refractivity contribution is 0.0736. The Labute approximate surface area is 203 Å². The number of thiazole rings is 1. The average molecular weight is 504 g/mol. The third kappa shape index (κ3) is 4.82. The molecule has 0 spiro atoms. The van der Waals surface area contributed by atoms with Crippen LogP contribution in [0.2, 0.25) is 0 Å². The van der Waals surface area contributed by atoms with Gasteiger partial charge in [-0.25, -0.2) is 18.2 Å². The lowest BCUT2D eigenvalue weighted by atomic mass is 10.1. The van der Waals surface area contributed by atoms with E-state index in [9.17, 15) is 18.0 Å². The van der Waals surface area contributed by atoms with Gasteiger partial charge in [-0.3, -0.25) is 10.1 Å². The molecule has 1 saturated carbocycles. The van der Waals surface area contributed by atoms with Crippen LogP contribution < -0.4 is 10.6 Å². The van der Waals surface area contributed by atoms with Crippen molar-refractivity contribution in [3.63, 3.8) is 0 Å². The Hall–Kier alpha value is -2.50. The predicted octanol–water partition coefficient (Wildman–Crippen LogP) is 3.19. The zero-order chi connectivity index (χ0) is 23.7. The first-order chi connectivity index (χ1) is 16.4. The summed E-state index contributed by atoms with van der Waals surface area (Å²) < 4.78 is 26.9. The lowest BCUT2D eigenvalue weighted by Crippen LogP contribution is -2.36. The molecular weight excluding hydrogens is 474 g/mol. The van der Waals surface area contributed by atoms with E-state index in [0.29, 0.717) is 43.3 Å². The number of amides is 3. The minimum atomic E-state index is -3.50. The number of hydrogen-bond donors (Lipinski definition) is 2. The summed E-state index contributed by atoms with van der Waals surface area (Å²) in [6.45, 7) is 2.04. The summed E-state index contributed by atoms with van der Waals surface area (Å²) in [6, 6.07) is 6.23. The lowest BCUT2D eigenvalue weighted by Gasteiger charge is -2.26. The molecule has 11 heteroatoms. The molecule has 1 aliphatic carbocycles. The van der Waals surface area contributed by atoms with Crippen LogP contribution in [0, 0.1) is 0 Å². The molecule has 1 aromatic heterocycles. The third-order valence-corrected chi connectivity index (χ3v) is 9.64. The minimum Gasteiger partial charge on any atom is -0.335 e. The first-order valence-electron chi connectivity index (χ1n) is 11.9. The molecule has 34 heavy (non-hydrogen) atoms. The summed E-state index contributed by atoms with van der Waals surface area (Å²) in [4.78, 5) is 32.8. The average Bonchev–Trinajstić information content (AvgIpc) is 3.60. The maximum absolute atomic E-state index is 13.1. The highest BCUT2D eigenvalue weighted by Crippen LogP contribution is 2.29. The molecule has 2 N–H and O–H groups in total. The fourth-order valence-electron chi connectivity index (χ4n) is 4.84. The monoisotopic (exact) mass is 503 g/mol. The van der Waals surface area contributed by atoms with Gasteiger partial charge < -0.3 is 10.2 Å². The van der Waals surface area contributed by atoms with Crippen LogP contribution in [0.5, 0.6) is 0 Å². The molecule has 1 aromatic carbocycles. The van der Waals surface area contributed by atoms with Crippen LogP contribution >= 0.6 is 11.3 Å². The van der Waals surface area contributed by atoms with E-state index in [4.69, 9.17) is 0 Å². The second-order valence-electron chi connectivity index (χ2n) is 9.08. The number of sulfonamides is 1. The van der Waals surface area contributed by atoms with Crippen LogP contribution in [-0.2, 0) is 23.0 Å². The second-order valence-corrected chi connectivity index (χ2v) is 12.1. The van der Waals surface area contributed by atoms with Crippen molar-refractivity contribution in [2.24, 2.45) is 0 Å². The highest BCUT2D eigenvalue weighted by Gasteiger charge is 2.29. The van der Waals surface area contributed by atoms with E-state index >= 15 is 0 Å². The van der Waals surface area contributed by atoms with Gasteiger partial charge in [0.2, 0.25) is 10.0 Å². The predicted molar refractivity (Wildman–Crippen MR) is 129 cm³/mol. The zero-order valence-corrected chi connectivity index (χ0v) is 20.6. The fourth-order valence-corrected chi connectivity index (χ4v) is 7.38. The molecule has 9 nitrogen and oxygen atoms in total. The number of urea groups is 1. The molecule has 2 fully saturated rings. The normalized spacial score (nSPS) is 19.2. The van der Waals surface area contributed by atoms with Gasteiger partial charge in [-0.05, 0) is 49.9 Å². The Morgan fingerprint density at radius 1 is 1.00 bits per heavy atom. The SMILES string of the molecule is O=C(Nc1nc2c(s1)CN(C(=O)c1ccc(S(=O)(=O)N3CCCC3)cc1)CC2)NC1CCCC1. The molecule has 0 radical (unpaired) electrons. The highest BCUT2D eigenvalue weighted by molar-refractivity contribution is 7.89. The summed E-state index contributed by atoms with van der Waals surface area (Å²) in [5, 5.41) is 6.38. The first-order valence-corrected chi connectivity index (χ1v) is 14.1. The fraction of sp³-hybridized carbons (Fsp3) is 0.522. The number of hydrogen-bond acceptors (Lipinski definition) is 6. The maximum Gasteiger partial charge on any atom is 0.321 e. The smallest absolute Gasteiger partial charge is 0.321 e. The van der Waals surface area contributed by atoms with Crippen LogP contribution in [0.25, 0.3) is 0 Å². The minimum absolute atomic E-state index is 0.141. The van der Waals surface area contributed by atoms with E-state index in [2.05, 4.69) is 15.6 Å². The molecule has 0 bridgehead atoms. The molecule has 182 valence electrons. The number of nitrogens with zero attached hydrogens (tertiary/aromatic N) is 3. The molecule has 3 aliphatic rings. The van der Waals surface area contributed by atoms with Gasteiger partial charge in [-0.2, -0.15) is 4.31 Å². The molecule has 2 aliphatic heterocycles. The van der Waals surface area contributed by atoms with E-state index in [-0.39, 0.29) is 22.9 Å². The summed E-state index contributed by atoms with van der Waals surface area (Å²) >= 11 is 1.40. The largest absolute Gasteiger partial charge is 0.335 e. The van der Waals surface area contributed by atoms with Crippen molar-refractivity contribution in [2.45, 2.75) is 62.4 Å². The van der Waals surface area contributed by atoms with E-state index in [0.717, 1.165) is 49.1 Å². The van der Waals surface area contributed by atoms with Crippen LogP contribution in [0.1, 0.15) is 59.5 Å². The second kappa shape index (κ2) is 9.63. The zero-order valence-electron chi connectivity index (χ0n) is 19.0. The van der Waals surface area contributed by atoms with Crippen LogP contribution in [-0.4, -0.2) is 60.2 Å². The summed E-state index contributed by atoms with van der Waals surface area (Å²) in [6.07, 6.45) is 6.72. The van der Waals surface area contributed by atoms with Gasteiger partial charge in [-0.15, -0.1) is 0 Å². The van der Waals surface area contributed by atoms with E-state index < -0.39 is 10.0 Å². The van der Waals surface area contributed by atoms with Crippen molar-refractivity contribution in [3.8, 4) is 0 Å². The Bertz CT molecular complexity index is 1170. The number of aromatic nitrogens is 1. The van der Waals surface area contributed by atoms with E-state index in [1.807, 2.05) is 0 Å². The molecule has 3 amide bonds. The third-order valence-electron chi connectivity index (χ3n) is 6.73. The number of carbonyl (C=O) groups excluding carboxylic acids is 2. The van der Waals surface area contributed by atoms with Gasteiger partial charge in [0.15, 0.2) is 5.13 Å². The molecule has 3 heterocycles. The molecular formula is C23H29N5O4S2. The van der Waals surface area contributed by atoms with Gasteiger partial charge in [0.1, 0.15) is 0 Å². The van der Waals surface area contributed by atoms with Gasteiger partial charge in [-0.1, -0.05) is 24.2 Å². The summed E-state index contributed by atoms with van der Waals surface area (Å²) in [5.74, 6) is -0.141. The standard InChI is InChI=1S/C23H29N5O4S2/c29-21(16-7-9-18(10-8-16)34(31,32)28-12-3-4-13-28)27-14-11-19-20(15-27)33-23(25-19)26-22(30)24-17-5-1-2-6-17/h7-10,17H,1-6,11-15H2,(H2,24,25,26,30). The Morgan fingerprint density at radius 3 is 2.41 bits per heavy atom. The van der Waals surface area contributed by atoms with Crippen LogP contribution in [0.15, 0.2) is 29.2 Å². The molecule has 2 aromatic rings. The molecule has 0 unspecified atom stereocenters. The van der Waals surface area contributed by atoms with E-state index in [1.165, 1.54) is 27.8 Å². The number of carbonyl (C=O) groups is 2. The Kier molecular flexibility index (Phi) is 6.59. The van der Waals surface area contributed by atoms with Crippen molar-refractivity contribution in [2.75, 3.05) is 25.0 Å². The highest BCUT2D eigenvalue weighted by atomic mass is 32.2. The van der Waals surface area contributed by atoms with Crippen molar-refractivity contribution in [1.82, 2.24) is 19.5 Å². The number of rotatable bonds is 5. The van der Waals surface area contributed by atoms with Gasteiger partial charge in [0.25, 0.3) is 5.91 Å². The van der Waals surface area contributed by atoms with Crippen LogP contribution in [0.3, 0.4) is 0 Å². The van der Waals surface area contributed by atoms with Crippen molar-refractivity contribution < 1.29 is 18.0 Å². The van der Waals surface area contributed by atoms with Crippen molar-refractivity contribution in [1.29, 1.82) is 0 Å². The molecule has 1 saturated heterocycles. The first kappa shape index (κ1) is 23.3. The number of fused-ring (bicyclic) bond motifs is 1. The number of nitrogens with one attached hydrogen (secondary N) is 2. The number of benzene rings is 1. The van der Waals surface area contributed by atoms with Gasteiger partial charge >= 0.3 is 6.03 Å². The summed E-state index contributed by atoms with van der Waals surface area (Å²) in [5.41, 5.74) is 1.37. The van der Waals surface area contributed by atoms with Gasteiger partial charge in [0, 0.05) is 42.5 Å². The topological polar surface area (TPSA) is 112 Å². The Morgan fingerprint density at radius 2 is 1.71 bits per heavy atom. The maximum atomic E-state index is 13.1. The summed E-state index contributed by atoms with van der Waals surface area (Å²) in [7, 11) is -3.50. The molecule has 0 atom stereocenters. The van der Waals surface area contributed by atoms with Gasteiger partial charge in [0.05, 0.1) is 17.1 Å². The van der Waals surface area contributed by atoms with Crippen LogP contribution in [0.4, 0.5) is 9.93 Å². The van der Waals surface area contributed by atoms with Crippen molar-refractivity contribution in [3.05, 3.63) is 40.4 Å². The van der Waals surface area contributed by atoms with E-state index in [1.54, 1.807) is 17.0 Å². The van der Waals surface area contributed by atoms with Crippen molar-refractivity contribution >= 4 is 38.4 Å². The quantitative estimate of drug-likeness (QED) is 0.651. The molecule has 5 rings (SSSR count). The number of anilines is 1.